The number of halogens is 4. The van der Waals surface area contributed by atoms with Crippen LogP contribution in [-0.4, -0.2) is 32.4 Å². The molecule has 5 rings (SSSR count). The van der Waals surface area contributed by atoms with E-state index in [1.807, 2.05) is 23.1 Å². The van der Waals surface area contributed by atoms with Crippen LogP contribution in [-0.2, 0) is 19.1 Å². The number of hydrogen-bond acceptors (Lipinski definition) is 7. The van der Waals surface area contributed by atoms with Crippen molar-refractivity contribution in [3.63, 3.8) is 0 Å². The molecule has 204 valence electrons. The Balaban J connectivity index is 1.48. The lowest BCUT2D eigenvalue weighted by molar-refractivity contribution is -0.154. The Labute approximate surface area is 229 Å². The summed E-state index contributed by atoms with van der Waals surface area (Å²) < 4.78 is 70.0. The summed E-state index contributed by atoms with van der Waals surface area (Å²) in [5.74, 6) is -0.807. The minimum Gasteiger partial charge on any atom is -0.493 e. The molecule has 2 heterocycles. The van der Waals surface area contributed by atoms with Crippen molar-refractivity contribution in [1.82, 2.24) is 4.90 Å². The highest BCUT2D eigenvalue weighted by Crippen LogP contribution is 2.41. The first-order valence-electron chi connectivity index (χ1n) is 11.9. The molecule has 1 aliphatic rings. The number of para-hydroxylation sites is 1. The van der Waals surface area contributed by atoms with E-state index in [-0.39, 0.29) is 30.0 Å². The summed E-state index contributed by atoms with van der Waals surface area (Å²) >= 11 is 3.23. The van der Waals surface area contributed by atoms with Gasteiger partial charge in [-0.05, 0) is 64.3 Å². The van der Waals surface area contributed by atoms with Gasteiger partial charge in [-0.3, -0.25) is 9.69 Å². The van der Waals surface area contributed by atoms with E-state index in [1.54, 1.807) is 38.5 Å². The fraction of sp³-hybridized carbons (Fsp3) is 0.250. The quantitative estimate of drug-likeness (QED) is 0.230. The molecule has 0 saturated heterocycles. The zero-order valence-electron chi connectivity index (χ0n) is 20.9. The van der Waals surface area contributed by atoms with E-state index in [0.29, 0.717) is 40.3 Å². The van der Waals surface area contributed by atoms with Gasteiger partial charge in [0.2, 0.25) is 11.2 Å². The summed E-state index contributed by atoms with van der Waals surface area (Å²) in [5, 5.41) is -0.0332. The average Bonchev–Trinajstić information content (AvgIpc) is 2.93. The van der Waals surface area contributed by atoms with E-state index >= 15 is 0 Å². The van der Waals surface area contributed by atoms with E-state index in [1.165, 1.54) is 12.1 Å². The second-order valence-corrected chi connectivity index (χ2v) is 9.66. The smallest absolute Gasteiger partial charge is 0.453 e. The minimum absolute atomic E-state index is 0.0332. The maximum absolute atomic E-state index is 14.1. The maximum Gasteiger partial charge on any atom is 0.453 e. The minimum atomic E-state index is -4.98. The molecule has 0 unspecified atom stereocenters. The summed E-state index contributed by atoms with van der Waals surface area (Å²) in [6, 6.07) is 14.9. The van der Waals surface area contributed by atoms with Crippen LogP contribution in [0.1, 0.15) is 16.9 Å². The number of benzene rings is 3. The lowest BCUT2D eigenvalue weighted by Gasteiger charge is -2.29. The highest BCUT2D eigenvalue weighted by Gasteiger charge is 2.41. The largest absolute Gasteiger partial charge is 0.493 e. The Morgan fingerprint density at radius 2 is 1.77 bits per heavy atom. The van der Waals surface area contributed by atoms with Crippen LogP contribution >= 0.6 is 15.9 Å². The number of ether oxygens (including phenoxy) is 4. The van der Waals surface area contributed by atoms with Crippen LogP contribution < -0.4 is 24.4 Å². The number of hydrogen-bond donors (Lipinski definition) is 0. The number of fused-ring (bicyclic) bond motifs is 3. The SMILES string of the molecule is COc1ccc(CCN2COc3ccc4c(=O)c(Oc5ccccc5Br)c(C(F)(F)F)oc4c3C2)cc1OC. The number of nitrogens with zero attached hydrogens (tertiary/aromatic N) is 1. The Morgan fingerprint density at radius 3 is 2.49 bits per heavy atom. The Morgan fingerprint density at radius 1 is 1.00 bits per heavy atom. The molecule has 0 fully saturated rings. The van der Waals surface area contributed by atoms with Gasteiger partial charge in [0.1, 0.15) is 23.8 Å². The molecule has 7 nitrogen and oxygen atoms in total. The molecule has 1 aliphatic heterocycles. The molecule has 0 N–H and O–H groups in total. The second-order valence-electron chi connectivity index (χ2n) is 8.80. The summed E-state index contributed by atoms with van der Waals surface area (Å²) in [6.07, 6.45) is -4.36. The van der Waals surface area contributed by atoms with Gasteiger partial charge in [0.25, 0.3) is 5.76 Å². The molecule has 11 heteroatoms. The summed E-state index contributed by atoms with van der Waals surface area (Å²) in [4.78, 5) is 15.2. The average molecular weight is 606 g/mol. The highest BCUT2D eigenvalue weighted by atomic mass is 79.9. The van der Waals surface area contributed by atoms with Crippen molar-refractivity contribution in [2.24, 2.45) is 0 Å². The van der Waals surface area contributed by atoms with Crippen molar-refractivity contribution in [2.75, 3.05) is 27.5 Å². The van der Waals surface area contributed by atoms with Crippen molar-refractivity contribution < 1.29 is 36.5 Å². The Bertz CT molecular complexity index is 1590. The third-order valence-corrected chi connectivity index (χ3v) is 6.99. The van der Waals surface area contributed by atoms with Gasteiger partial charge >= 0.3 is 6.18 Å². The fourth-order valence-corrected chi connectivity index (χ4v) is 4.74. The lowest BCUT2D eigenvalue weighted by atomic mass is 10.1. The molecule has 0 atom stereocenters. The zero-order valence-corrected chi connectivity index (χ0v) is 22.5. The van der Waals surface area contributed by atoms with E-state index < -0.39 is 23.1 Å². The predicted molar refractivity (Wildman–Crippen MR) is 141 cm³/mol. The Hall–Kier alpha value is -3.70. The van der Waals surface area contributed by atoms with Crippen molar-refractivity contribution in [2.45, 2.75) is 19.1 Å². The number of alkyl halides is 3. The van der Waals surface area contributed by atoms with Gasteiger partial charge in [0.15, 0.2) is 11.5 Å². The van der Waals surface area contributed by atoms with E-state index in [0.717, 1.165) is 5.56 Å². The third-order valence-electron chi connectivity index (χ3n) is 6.33. The molecule has 0 bridgehead atoms. The standard InChI is InChI=1S/C28H23BrF3NO6/c1-35-22-9-7-16(13-23(22)36-2)11-12-33-14-18-20(37-15-33)10-8-17-24(34)26(27(28(30,31)32)39-25(17)18)38-21-6-4-3-5-19(21)29/h3-10,13H,11-12,14-15H2,1-2H3. The topological polar surface area (TPSA) is 70.4 Å². The molecule has 0 aliphatic carbocycles. The monoisotopic (exact) mass is 605 g/mol. The van der Waals surface area contributed by atoms with Crippen LogP contribution in [0.4, 0.5) is 13.2 Å². The lowest BCUT2D eigenvalue weighted by Crippen LogP contribution is -2.34. The molecule has 39 heavy (non-hydrogen) atoms. The van der Waals surface area contributed by atoms with Crippen LogP contribution in [0.3, 0.4) is 0 Å². The van der Waals surface area contributed by atoms with Gasteiger partial charge in [-0.1, -0.05) is 18.2 Å². The van der Waals surface area contributed by atoms with Crippen LogP contribution in [0, 0.1) is 0 Å². The number of rotatable bonds is 7. The highest BCUT2D eigenvalue weighted by molar-refractivity contribution is 9.10. The first-order valence-corrected chi connectivity index (χ1v) is 12.7. The molecular formula is C28H23BrF3NO6. The second kappa shape index (κ2) is 10.8. The molecule has 0 amide bonds. The summed E-state index contributed by atoms with van der Waals surface area (Å²) in [7, 11) is 3.11. The van der Waals surface area contributed by atoms with Crippen LogP contribution in [0.5, 0.6) is 28.7 Å². The summed E-state index contributed by atoms with van der Waals surface area (Å²) in [5.41, 5.74) is 0.238. The van der Waals surface area contributed by atoms with Gasteiger partial charge in [-0.2, -0.15) is 13.2 Å². The summed E-state index contributed by atoms with van der Waals surface area (Å²) in [6.45, 7) is 0.987. The van der Waals surface area contributed by atoms with Gasteiger partial charge in [-0.15, -0.1) is 0 Å². The van der Waals surface area contributed by atoms with Crippen molar-refractivity contribution in [3.8, 4) is 28.7 Å². The van der Waals surface area contributed by atoms with Crippen molar-refractivity contribution in [3.05, 3.63) is 86.2 Å². The van der Waals surface area contributed by atoms with Crippen molar-refractivity contribution >= 4 is 26.9 Å². The Kier molecular flexibility index (Phi) is 7.46. The number of methoxy groups -OCH3 is 2. The first-order chi connectivity index (χ1) is 18.7. The maximum atomic E-state index is 14.1. The van der Waals surface area contributed by atoms with Crippen LogP contribution in [0.2, 0.25) is 0 Å². The molecule has 0 spiro atoms. The molecule has 3 aromatic carbocycles. The van der Waals surface area contributed by atoms with Crippen LogP contribution in [0.25, 0.3) is 11.0 Å². The molecule has 1 aromatic heterocycles. The fourth-order valence-electron chi connectivity index (χ4n) is 4.38. The normalized spacial score (nSPS) is 13.6. The zero-order chi connectivity index (χ0) is 27.7. The third kappa shape index (κ3) is 5.41. The molecule has 0 saturated carbocycles. The van der Waals surface area contributed by atoms with Gasteiger partial charge in [0, 0.05) is 13.1 Å². The molecule has 0 radical (unpaired) electrons. The van der Waals surface area contributed by atoms with Crippen molar-refractivity contribution in [1.29, 1.82) is 0 Å². The predicted octanol–water partition coefficient (Wildman–Crippen LogP) is 6.78. The van der Waals surface area contributed by atoms with Gasteiger partial charge in [-0.25, -0.2) is 0 Å². The molecule has 4 aromatic rings. The van der Waals surface area contributed by atoms with E-state index in [2.05, 4.69) is 15.9 Å². The van der Waals surface area contributed by atoms with E-state index in [9.17, 15) is 18.0 Å². The van der Waals surface area contributed by atoms with Gasteiger partial charge in [0.05, 0.1) is 29.6 Å². The van der Waals surface area contributed by atoms with Crippen LogP contribution in [0.15, 0.2) is 68.3 Å². The van der Waals surface area contributed by atoms with E-state index in [4.69, 9.17) is 23.4 Å². The molecular weight excluding hydrogens is 583 g/mol. The first kappa shape index (κ1) is 26.9. The van der Waals surface area contributed by atoms with Gasteiger partial charge < -0.3 is 23.4 Å².